The summed E-state index contributed by atoms with van der Waals surface area (Å²) in [5.74, 6) is -0.304. The minimum absolute atomic E-state index is 0.0667. The molecule has 0 spiro atoms. The van der Waals surface area contributed by atoms with Crippen molar-refractivity contribution in [3.05, 3.63) is 65.9 Å². The molecule has 0 bridgehead atoms. The lowest BCUT2D eigenvalue weighted by molar-refractivity contribution is -0.113. The first kappa shape index (κ1) is 20.8. The van der Waals surface area contributed by atoms with Gasteiger partial charge in [-0.3, -0.25) is 4.79 Å². The van der Waals surface area contributed by atoms with Gasteiger partial charge in [0.1, 0.15) is 10.7 Å². The first-order valence-corrected chi connectivity index (χ1v) is 11.2. The fourth-order valence-electron chi connectivity index (χ4n) is 2.74. The molecule has 3 rings (SSSR count). The van der Waals surface area contributed by atoms with E-state index in [1.165, 1.54) is 18.3 Å². The van der Waals surface area contributed by atoms with Crippen LogP contribution in [0.5, 0.6) is 0 Å². The topological polar surface area (TPSA) is 115 Å². The molecule has 1 heterocycles. The standard InChI is InChI=1S/C20H20N4O3S2/c1-13-8-14(2)10-15(9-13)23-18(25)12-28-20-22-11-17(19(21)24-20)29(26,27)16-6-4-3-5-7-16/h3-11H,12H2,1-2H3,(H,23,25)(H2,21,22,24). The number of aryl methyl sites for hydroxylation is 2. The van der Waals surface area contributed by atoms with Gasteiger partial charge < -0.3 is 11.1 Å². The molecule has 29 heavy (non-hydrogen) atoms. The molecular weight excluding hydrogens is 408 g/mol. The summed E-state index contributed by atoms with van der Waals surface area (Å²) >= 11 is 1.08. The van der Waals surface area contributed by atoms with Crippen LogP contribution in [0, 0.1) is 13.8 Å². The zero-order valence-corrected chi connectivity index (χ0v) is 17.5. The molecule has 3 aromatic rings. The number of nitrogens with one attached hydrogen (secondary N) is 1. The van der Waals surface area contributed by atoms with E-state index in [0.717, 1.165) is 28.6 Å². The second kappa shape index (κ2) is 8.62. The SMILES string of the molecule is Cc1cc(C)cc(NC(=O)CSc2ncc(S(=O)(=O)c3ccccc3)c(N)n2)c1. The number of aromatic nitrogens is 2. The van der Waals surface area contributed by atoms with Crippen molar-refractivity contribution < 1.29 is 13.2 Å². The number of nitrogens with zero attached hydrogens (tertiary/aromatic N) is 2. The van der Waals surface area contributed by atoms with Crippen LogP contribution in [0.2, 0.25) is 0 Å². The van der Waals surface area contributed by atoms with Crippen molar-refractivity contribution in [2.45, 2.75) is 28.8 Å². The van der Waals surface area contributed by atoms with Gasteiger partial charge in [0.25, 0.3) is 0 Å². The van der Waals surface area contributed by atoms with Crippen LogP contribution in [0.3, 0.4) is 0 Å². The van der Waals surface area contributed by atoms with Gasteiger partial charge in [0.15, 0.2) is 5.16 Å². The van der Waals surface area contributed by atoms with Gasteiger partial charge >= 0.3 is 0 Å². The largest absolute Gasteiger partial charge is 0.382 e. The summed E-state index contributed by atoms with van der Waals surface area (Å²) in [5, 5.41) is 3.05. The molecule has 0 saturated carbocycles. The maximum absolute atomic E-state index is 12.7. The van der Waals surface area contributed by atoms with Crippen LogP contribution < -0.4 is 11.1 Å². The van der Waals surface area contributed by atoms with Crippen LogP contribution in [-0.2, 0) is 14.6 Å². The second-order valence-corrected chi connectivity index (χ2v) is 9.29. The van der Waals surface area contributed by atoms with E-state index in [0.29, 0.717) is 0 Å². The lowest BCUT2D eigenvalue weighted by Gasteiger charge is -2.09. The number of hydrogen-bond acceptors (Lipinski definition) is 7. The molecule has 3 N–H and O–H groups in total. The maximum atomic E-state index is 12.7. The van der Waals surface area contributed by atoms with Crippen molar-refractivity contribution in [2.75, 3.05) is 16.8 Å². The molecule has 0 fully saturated rings. The van der Waals surface area contributed by atoms with E-state index in [1.54, 1.807) is 18.2 Å². The van der Waals surface area contributed by atoms with Crippen molar-refractivity contribution in [3.8, 4) is 0 Å². The quantitative estimate of drug-likeness (QED) is 0.457. The minimum Gasteiger partial charge on any atom is -0.382 e. The molecule has 0 aliphatic carbocycles. The third kappa shape index (κ3) is 5.12. The Kier molecular flexibility index (Phi) is 6.19. The summed E-state index contributed by atoms with van der Waals surface area (Å²) in [7, 11) is -3.81. The molecule has 0 saturated heterocycles. The number of benzene rings is 2. The molecule has 1 amide bonds. The number of nitrogen functional groups attached to an aromatic ring is 1. The van der Waals surface area contributed by atoms with Gasteiger partial charge in [-0.1, -0.05) is 36.0 Å². The first-order valence-electron chi connectivity index (χ1n) is 8.69. The number of carbonyl (C=O) groups is 1. The smallest absolute Gasteiger partial charge is 0.234 e. The Morgan fingerprint density at radius 1 is 1.10 bits per heavy atom. The van der Waals surface area contributed by atoms with E-state index >= 15 is 0 Å². The van der Waals surface area contributed by atoms with Gasteiger partial charge in [-0.2, -0.15) is 0 Å². The zero-order valence-electron chi connectivity index (χ0n) is 15.9. The molecule has 0 unspecified atom stereocenters. The molecule has 0 aliphatic heterocycles. The highest BCUT2D eigenvalue weighted by Crippen LogP contribution is 2.26. The molecule has 0 aliphatic rings. The average Bonchev–Trinajstić information content (AvgIpc) is 2.66. The number of nitrogens with two attached hydrogens (primary N) is 1. The van der Waals surface area contributed by atoms with E-state index in [4.69, 9.17) is 5.73 Å². The number of carbonyl (C=O) groups excluding carboxylic acids is 1. The number of hydrogen-bond donors (Lipinski definition) is 2. The summed E-state index contributed by atoms with van der Waals surface area (Å²) < 4.78 is 25.3. The van der Waals surface area contributed by atoms with E-state index in [-0.39, 0.29) is 32.4 Å². The summed E-state index contributed by atoms with van der Waals surface area (Å²) in [5.41, 5.74) is 8.69. The van der Waals surface area contributed by atoms with Crippen LogP contribution in [-0.4, -0.2) is 30.0 Å². The minimum atomic E-state index is -3.81. The highest BCUT2D eigenvalue weighted by Gasteiger charge is 2.22. The zero-order chi connectivity index (χ0) is 21.0. The third-order valence-corrected chi connectivity index (χ3v) is 6.59. The van der Waals surface area contributed by atoms with Crippen molar-refractivity contribution in [1.29, 1.82) is 0 Å². The lowest BCUT2D eigenvalue weighted by atomic mass is 10.1. The molecule has 150 valence electrons. The predicted octanol–water partition coefficient (Wildman–Crippen LogP) is 3.24. The molecule has 9 heteroatoms. The molecule has 1 aromatic heterocycles. The van der Waals surface area contributed by atoms with Crippen molar-refractivity contribution in [1.82, 2.24) is 9.97 Å². The summed E-state index contributed by atoms with van der Waals surface area (Å²) in [6, 6.07) is 13.7. The number of amides is 1. The molecule has 2 aromatic carbocycles. The van der Waals surface area contributed by atoms with Gasteiger partial charge in [-0.25, -0.2) is 18.4 Å². The van der Waals surface area contributed by atoms with Gasteiger partial charge in [0, 0.05) is 5.69 Å². The van der Waals surface area contributed by atoms with Crippen LogP contribution in [0.1, 0.15) is 11.1 Å². The van der Waals surface area contributed by atoms with Gasteiger partial charge in [-0.05, 0) is 49.2 Å². The predicted molar refractivity (Wildman–Crippen MR) is 114 cm³/mol. The molecule has 0 radical (unpaired) electrons. The highest BCUT2D eigenvalue weighted by molar-refractivity contribution is 7.99. The van der Waals surface area contributed by atoms with Gasteiger partial charge in [0.05, 0.1) is 16.8 Å². The second-order valence-electron chi connectivity index (χ2n) is 6.43. The third-order valence-electron chi connectivity index (χ3n) is 3.94. The average molecular weight is 429 g/mol. The van der Waals surface area contributed by atoms with Crippen LogP contribution in [0.25, 0.3) is 0 Å². The summed E-state index contributed by atoms with van der Waals surface area (Å²) in [4.78, 5) is 20.2. The highest BCUT2D eigenvalue weighted by atomic mass is 32.2. The Hall–Kier alpha value is -2.91. The van der Waals surface area contributed by atoms with Crippen molar-refractivity contribution in [2.24, 2.45) is 0 Å². The van der Waals surface area contributed by atoms with E-state index < -0.39 is 9.84 Å². The van der Waals surface area contributed by atoms with Gasteiger partial charge in [-0.15, -0.1) is 0 Å². The molecule has 0 atom stereocenters. The van der Waals surface area contributed by atoms with E-state index in [1.807, 2.05) is 32.0 Å². The van der Waals surface area contributed by atoms with Crippen molar-refractivity contribution >= 4 is 39.0 Å². The Balaban J connectivity index is 1.68. The fourth-order valence-corrected chi connectivity index (χ4v) is 4.65. The first-order chi connectivity index (χ1) is 13.8. The van der Waals surface area contributed by atoms with E-state index in [9.17, 15) is 13.2 Å². The Bertz CT molecular complexity index is 1130. The lowest BCUT2D eigenvalue weighted by Crippen LogP contribution is -2.15. The fraction of sp³-hybridized carbons (Fsp3) is 0.150. The van der Waals surface area contributed by atoms with Crippen LogP contribution in [0.4, 0.5) is 11.5 Å². The maximum Gasteiger partial charge on any atom is 0.234 e. The van der Waals surface area contributed by atoms with Crippen molar-refractivity contribution in [3.63, 3.8) is 0 Å². The monoisotopic (exact) mass is 428 g/mol. The normalized spacial score (nSPS) is 11.2. The number of anilines is 2. The van der Waals surface area contributed by atoms with Crippen LogP contribution >= 0.6 is 11.8 Å². The number of rotatable bonds is 6. The van der Waals surface area contributed by atoms with Gasteiger partial charge in [0.2, 0.25) is 15.7 Å². The molecule has 7 nitrogen and oxygen atoms in total. The number of thioether (sulfide) groups is 1. The summed E-state index contributed by atoms with van der Waals surface area (Å²) in [6.45, 7) is 3.91. The number of sulfone groups is 1. The van der Waals surface area contributed by atoms with Crippen LogP contribution in [0.15, 0.2) is 69.7 Å². The Morgan fingerprint density at radius 3 is 2.38 bits per heavy atom. The Morgan fingerprint density at radius 2 is 1.76 bits per heavy atom. The van der Waals surface area contributed by atoms with E-state index in [2.05, 4.69) is 15.3 Å². The summed E-state index contributed by atoms with van der Waals surface area (Å²) in [6.07, 6.45) is 1.18. The Labute approximate surface area is 173 Å². The molecular formula is C20H20N4O3S2.